The highest BCUT2D eigenvalue weighted by molar-refractivity contribution is 7.89. The number of benzene rings is 1. The number of para-hydroxylation sites is 1. The van der Waals surface area contributed by atoms with Crippen LogP contribution in [-0.4, -0.2) is 38.3 Å². The summed E-state index contributed by atoms with van der Waals surface area (Å²) in [7, 11) is -3.68. The van der Waals surface area contributed by atoms with Crippen LogP contribution in [-0.2, 0) is 16.4 Å². The zero-order valence-corrected chi connectivity index (χ0v) is 16.1. The quantitative estimate of drug-likeness (QED) is 0.808. The van der Waals surface area contributed by atoms with Gasteiger partial charge in [0.15, 0.2) is 5.76 Å². The summed E-state index contributed by atoms with van der Waals surface area (Å²) in [5, 5.41) is -0.143. The molecule has 1 amide bonds. The van der Waals surface area contributed by atoms with Crippen molar-refractivity contribution in [3.8, 4) is 0 Å². The van der Waals surface area contributed by atoms with Crippen LogP contribution < -0.4 is 4.90 Å². The van der Waals surface area contributed by atoms with Gasteiger partial charge in [-0.2, -0.15) is 4.31 Å². The summed E-state index contributed by atoms with van der Waals surface area (Å²) in [6.07, 6.45) is 5.62. The lowest BCUT2D eigenvalue weighted by Gasteiger charge is -2.24. The Morgan fingerprint density at radius 1 is 0.889 bits per heavy atom. The van der Waals surface area contributed by atoms with Crippen LogP contribution in [0.25, 0.3) is 0 Å². The summed E-state index contributed by atoms with van der Waals surface area (Å²) in [4.78, 5) is 14.8. The number of hydrogen-bond acceptors (Lipinski definition) is 4. The molecule has 0 spiro atoms. The molecule has 0 atom stereocenters. The van der Waals surface area contributed by atoms with Gasteiger partial charge in [0.2, 0.25) is 5.09 Å². The van der Waals surface area contributed by atoms with Gasteiger partial charge in [0, 0.05) is 25.3 Å². The van der Waals surface area contributed by atoms with Crippen molar-refractivity contribution in [3.63, 3.8) is 0 Å². The number of fused-ring (bicyclic) bond motifs is 1. The maximum Gasteiger partial charge on any atom is 0.294 e. The average Bonchev–Trinajstić information content (AvgIpc) is 3.10. The Balaban J connectivity index is 1.61. The van der Waals surface area contributed by atoms with Gasteiger partial charge in [0.25, 0.3) is 15.9 Å². The third-order valence-corrected chi connectivity index (χ3v) is 7.08. The van der Waals surface area contributed by atoms with Gasteiger partial charge >= 0.3 is 0 Å². The SMILES string of the molecule is O=C(c1ccc(S(=O)(=O)N2CCCCC2)o1)N1CCCCc2ccccc21. The molecule has 144 valence electrons. The zero-order chi connectivity index (χ0) is 18.9. The van der Waals surface area contributed by atoms with Crippen molar-refractivity contribution in [1.29, 1.82) is 0 Å². The fourth-order valence-corrected chi connectivity index (χ4v) is 5.27. The highest BCUT2D eigenvalue weighted by Crippen LogP contribution is 2.29. The lowest BCUT2D eigenvalue weighted by Crippen LogP contribution is -2.35. The average molecular weight is 388 g/mol. The van der Waals surface area contributed by atoms with Gasteiger partial charge in [0.1, 0.15) is 0 Å². The molecule has 27 heavy (non-hydrogen) atoms. The molecule has 0 aliphatic carbocycles. The molecule has 0 radical (unpaired) electrons. The van der Waals surface area contributed by atoms with Crippen LogP contribution in [0.3, 0.4) is 0 Å². The standard InChI is InChI=1S/C20H24N2O4S/c23-20(22-15-7-4-9-16-8-2-3-10-17(16)22)18-11-12-19(26-18)27(24,25)21-13-5-1-6-14-21/h2-3,8,10-12H,1,4-7,9,13-15H2. The van der Waals surface area contributed by atoms with Crippen LogP contribution in [0.4, 0.5) is 5.69 Å². The van der Waals surface area contributed by atoms with E-state index in [1.54, 1.807) is 4.90 Å². The molecule has 3 heterocycles. The molecule has 4 rings (SSSR count). The predicted octanol–water partition coefficient (Wildman–Crippen LogP) is 3.44. The smallest absolute Gasteiger partial charge is 0.294 e. The first kappa shape index (κ1) is 18.3. The van der Waals surface area contributed by atoms with Crippen molar-refractivity contribution in [3.05, 3.63) is 47.7 Å². The molecule has 0 N–H and O–H groups in total. The van der Waals surface area contributed by atoms with Crippen molar-refractivity contribution in [1.82, 2.24) is 4.31 Å². The molecule has 0 unspecified atom stereocenters. The summed E-state index contributed by atoms with van der Waals surface area (Å²) in [5.74, 6) is -0.216. The van der Waals surface area contributed by atoms with Gasteiger partial charge in [-0.25, -0.2) is 8.42 Å². The molecular weight excluding hydrogens is 364 g/mol. The van der Waals surface area contributed by atoms with Crippen molar-refractivity contribution < 1.29 is 17.6 Å². The minimum atomic E-state index is -3.68. The molecule has 1 aromatic heterocycles. The van der Waals surface area contributed by atoms with Crippen molar-refractivity contribution in [2.75, 3.05) is 24.5 Å². The zero-order valence-electron chi connectivity index (χ0n) is 15.3. The lowest BCUT2D eigenvalue weighted by atomic mass is 10.1. The largest absolute Gasteiger partial charge is 0.438 e. The highest BCUT2D eigenvalue weighted by Gasteiger charge is 2.31. The number of sulfonamides is 1. The second kappa shape index (κ2) is 7.48. The minimum Gasteiger partial charge on any atom is -0.438 e. The Labute approximate surface area is 159 Å². The van der Waals surface area contributed by atoms with Crippen molar-refractivity contribution in [2.45, 2.75) is 43.6 Å². The van der Waals surface area contributed by atoms with Crippen LogP contribution >= 0.6 is 0 Å². The van der Waals surface area contributed by atoms with Crippen LogP contribution in [0.1, 0.15) is 48.2 Å². The van der Waals surface area contributed by atoms with Gasteiger partial charge in [-0.1, -0.05) is 24.6 Å². The number of furan rings is 1. The third kappa shape index (κ3) is 3.53. The number of aryl methyl sites for hydroxylation is 1. The topological polar surface area (TPSA) is 70.8 Å². The van der Waals surface area contributed by atoms with E-state index in [0.717, 1.165) is 49.8 Å². The second-order valence-electron chi connectivity index (χ2n) is 7.13. The van der Waals surface area contributed by atoms with Crippen LogP contribution in [0, 0.1) is 0 Å². The Bertz CT molecular complexity index is 929. The second-order valence-corrected chi connectivity index (χ2v) is 8.99. The minimum absolute atomic E-state index is 0.0716. The fraction of sp³-hybridized carbons (Fsp3) is 0.450. The molecule has 2 aliphatic heterocycles. The van der Waals surface area contributed by atoms with Crippen LogP contribution in [0.15, 0.2) is 45.9 Å². The summed E-state index contributed by atoms with van der Waals surface area (Å²) in [5.41, 5.74) is 2.02. The molecule has 1 saturated heterocycles. The van der Waals surface area contributed by atoms with Crippen molar-refractivity contribution >= 4 is 21.6 Å². The number of amides is 1. The van der Waals surface area contributed by atoms with E-state index < -0.39 is 10.0 Å². The summed E-state index contributed by atoms with van der Waals surface area (Å²) >= 11 is 0. The first-order chi connectivity index (χ1) is 13.1. The summed E-state index contributed by atoms with van der Waals surface area (Å²) in [6, 6.07) is 10.7. The number of nitrogens with zero attached hydrogens (tertiary/aromatic N) is 2. The molecular formula is C20H24N2O4S. The molecule has 2 aromatic rings. The Kier molecular flexibility index (Phi) is 5.06. The summed E-state index contributed by atoms with van der Waals surface area (Å²) in [6.45, 7) is 1.61. The lowest BCUT2D eigenvalue weighted by molar-refractivity contribution is 0.0955. The van der Waals surface area contributed by atoms with Gasteiger partial charge in [-0.05, 0) is 55.9 Å². The van der Waals surface area contributed by atoms with E-state index in [2.05, 4.69) is 0 Å². The molecule has 1 fully saturated rings. The van der Waals surface area contributed by atoms with Crippen LogP contribution in [0.5, 0.6) is 0 Å². The van der Waals surface area contributed by atoms with Gasteiger partial charge < -0.3 is 9.32 Å². The Morgan fingerprint density at radius 2 is 1.63 bits per heavy atom. The molecule has 0 saturated carbocycles. The number of rotatable bonds is 3. The number of carbonyl (C=O) groups is 1. The first-order valence-corrected chi connectivity index (χ1v) is 11.0. The van der Waals surface area contributed by atoms with E-state index in [0.29, 0.717) is 19.6 Å². The summed E-state index contributed by atoms with van der Waals surface area (Å²) < 4.78 is 32.5. The van der Waals surface area contributed by atoms with E-state index in [1.165, 1.54) is 16.4 Å². The van der Waals surface area contributed by atoms with Gasteiger partial charge in [-0.3, -0.25) is 4.79 Å². The first-order valence-electron chi connectivity index (χ1n) is 9.57. The van der Waals surface area contributed by atoms with E-state index in [9.17, 15) is 13.2 Å². The number of anilines is 1. The fourth-order valence-electron chi connectivity index (χ4n) is 3.84. The molecule has 7 heteroatoms. The third-order valence-electron chi connectivity index (χ3n) is 5.31. The van der Waals surface area contributed by atoms with Gasteiger partial charge in [0.05, 0.1) is 0 Å². The monoisotopic (exact) mass is 388 g/mol. The normalized spacial score (nSPS) is 18.7. The number of piperidine rings is 1. The van der Waals surface area contributed by atoms with Crippen molar-refractivity contribution in [2.24, 2.45) is 0 Å². The number of hydrogen-bond donors (Lipinski definition) is 0. The number of carbonyl (C=O) groups excluding carboxylic acids is 1. The molecule has 2 aliphatic rings. The van der Waals surface area contributed by atoms with E-state index >= 15 is 0 Å². The predicted molar refractivity (Wildman–Crippen MR) is 102 cm³/mol. The van der Waals surface area contributed by atoms with E-state index in [1.807, 2.05) is 24.3 Å². The van der Waals surface area contributed by atoms with Gasteiger partial charge in [-0.15, -0.1) is 0 Å². The maximum atomic E-state index is 13.1. The van der Waals surface area contributed by atoms with E-state index in [4.69, 9.17) is 4.42 Å². The highest BCUT2D eigenvalue weighted by atomic mass is 32.2. The Hall–Kier alpha value is -2.12. The van der Waals surface area contributed by atoms with E-state index in [-0.39, 0.29) is 16.8 Å². The molecule has 0 bridgehead atoms. The maximum absolute atomic E-state index is 13.1. The Morgan fingerprint density at radius 3 is 2.44 bits per heavy atom. The van der Waals surface area contributed by atoms with Crippen LogP contribution in [0.2, 0.25) is 0 Å². The molecule has 1 aromatic carbocycles. The molecule has 6 nitrogen and oxygen atoms in total.